The molecule has 1 fully saturated rings. The summed E-state index contributed by atoms with van der Waals surface area (Å²) in [6.07, 6.45) is 2.05. The first-order chi connectivity index (χ1) is 8.90. The first kappa shape index (κ1) is 13.6. The second-order valence-corrected chi connectivity index (χ2v) is 5.11. The molecule has 6 nitrogen and oxygen atoms in total. The minimum absolute atomic E-state index is 0.133. The molecule has 2 N–H and O–H groups in total. The van der Waals surface area contributed by atoms with E-state index in [0.29, 0.717) is 11.7 Å². The summed E-state index contributed by atoms with van der Waals surface area (Å²) >= 11 is 0. The third-order valence-electron chi connectivity index (χ3n) is 3.25. The zero-order valence-electron chi connectivity index (χ0n) is 11.1. The van der Waals surface area contributed by atoms with Crippen molar-refractivity contribution >= 4 is 5.97 Å². The van der Waals surface area contributed by atoms with Crippen LogP contribution in [0.1, 0.15) is 30.3 Å². The van der Waals surface area contributed by atoms with Gasteiger partial charge in [-0.25, -0.2) is 0 Å². The molecule has 0 aliphatic heterocycles. The van der Waals surface area contributed by atoms with Gasteiger partial charge < -0.3 is 14.8 Å². The Morgan fingerprint density at radius 2 is 2.16 bits per heavy atom. The molecule has 0 saturated heterocycles. The summed E-state index contributed by atoms with van der Waals surface area (Å²) < 4.78 is 1.95. The molecule has 0 bridgehead atoms. The summed E-state index contributed by atoms with van der Waals surface area (Å²) in [4.78, 5) is 23.9. The van der Waals surface area contributed by atoms with Crippen LogP contribution < -0.4 is 5.43 Å². The van der Waals surface area contributed by atoms with Crippen molar-refractivity contribution in [3.8, 4) is 5.75 Å². The largest absolute Gasteiger partial charge is 0.503 e. The Hall–Kier alpha value is -1.82. The van der Waals surface area contributed by atoms with Crippen LogP contribution in [0.25, 0.3) is 0 Å². The molecule has 1 aromatic rings. The van der Waals surface area contributed by atoms with E-state index in [0.717, 1.165) is 18.5 Å². The van der Waals surface area contributed by atoms with Gasteiger partial charge in [-0.05, 0) is 26.8 Å². The molecule has 1 aliphatic carbocycles. The van der Waals surface area contributed by atoms with Gasteiger partial charge >= 0.3 is 5.97 Å². The van der Waals surface area contributed by atoms with Crippen molar-refractivity contribution in [3.05, 3.63) is 27.7 Å². The predicted octanol–water partition coefficient (Wildman–Crippen LogP) is 0.714. The van der Waals surface area contributed by atoms with Crippen molar-refractivity contribution in [1.82, 2.24) is 9.47 Å². The van der Waals surface area contributed by atoms with Crippen LogP contribution in [0.15, 0.2) is 10.9 Å². The van der Waals surface area contributed by atoms with E-state index in [2.05, 4.69) is 0 Å². The number of rotatable bonds is 5. The van der Waals surface area contributed by atoms with Crippen LogP contribution in [0.3, 0.4) is 0 Å². The van der Waals surface area contributed by atoms with Crippen molar-refractivity contribution in [2.75, 3.05) is 13.6 Å². The topological polar surface area (TPSA) is 82.8 Å². The van der Waals surface area contributed by atoms with E-state index in [-0.39, 0.29) is 18.8 Å². The highest BCUT2D eigenvalue weighted by Crippen LogP contribution is 2.38. The number of carbonyl (C=O) groups is 1. The van der Waals surface area contributed by atoms with E-state index in [4.69, 9.17) is 5.11 Å². The molecule has 0 amide bonds. The molecule has 6 heteroatoms. The van der Waals surface area contributed by atoms with Crippen LogP contribution >= 0.6 is 0 Å². The minimum Gasteiger partial charge on any atom is -0.503 e. The summed E-state index contributed by atoms with van der Waals surface area (Å²) in [5, 5.41) is 18.7. The van der Waals surface area contributed by atoms with Gasteiger partial charge in [0.05, 0.1) is 12.2 Å². The van der Waals surface area contributed by atoms with Gasteiger partial charge in [0, 0.05) is 24.3 Å². The Balaban J connectivity index is 2.37. The van der Waals surface area contributed by atoms with Gasteiger partial charge in [-0.3, -0.25) is 14.5 Å². The number of likely N-dealkylation sites (N-methyl/N-ethyl adjacent to an activating group) is 1. The quantitative estimate of drug-likeness (QED) is 0.820. The average Bonchev–Trinajstić information content (AvgIpc) is 3.08. The lowest BCUT2D eigenvalue weighted by atomic mass is 10.2. The zero-order chi connectivity index (χ0) is 14.2. The number of pyridine rings is 1. The lowest BCUT2D eigenvalue weighted by Gasteiger charge is -2.21. The van der Waals surface area contributed by atoms with Crippen LogP contribution in [0.4, 0.5) is 0 Å². The van der Waals surface area contributed by atoms with E-state index < -0.39 is 11.4 Å². The molecule has 0 unspecified atom stereocenters. The van der Waals surface area contributed by atoms with E-state index in [1.165, 1.54) is 6.07 Å². The summed E-state index contributed by atoms with van der Waals surface area (Å²) in [5.41, 5.74) is 0.911. The predicted molar refractivity (Wildman–Crippen MR) is 69.3 cm³/mol. The molecule has 19 heavy (non-hydrogen) atoms. The van der Waals surface area contributed by atoms with E-state index in [1.54, 1.807) is 11.9 Å². The monoisotopic (exact) mass is 266 g/mol. The number of aromatic hydroxyl groups is 1. The van der Waals surface area contributed by atoms with Crippen LogP contribution in [-0.4, -0.2) is 39.2 Å². The van der Waals surface area contributed by atoms with E-state index in [1.807, 2.05) is 11.5 Å². The molecule has 0 spiro atoms. The number of hydrogen-bond acceptors (Lipinski definition) is 4. The fourth-order valence-electron chi connectivity index (χ4n) is 2.33. The average molecular weight is 266 g/mol. The van der Waals surface area contributed by atoms with Crippen LogP contribution in [-0.2, 0) is 11.3 Å². The second kappa shape index (κ2) is 5.05. The lowest BCUT2D eigenvalue weighted by Crippen LogP contribution is -2.28. The normalized spacial score (nSPS) is 14.9. The summed E-state index contributed by atoms with van der Waals surface area (Å²) in [6, 6.07) is 1.74. The molecule has 1 aromatic heterocycles. The summed E-state index contributed by atoms with van der Waals surface area (Å²) in [6.45, 7) is 1.94. The van der Waals surface area contributed by atoms with Crippen molar-refractivity contribution in [2.45, 2.75) is 32.4 Å². The van der Waals surface area contributed by atoms with Crippen molar-refractivity contribution in [1.29, 1.82) is 0 Å². The Morgan fingerprint density at radius 3 is 2.68 bits per heavy atom. The van der Waals surface area contributed by atoms with Gasteiger partial charge in [0.1, 0.15) is 0 Å². The van der Waals surface area contributed by atoms with Crippen molar-refractivity contribution < 1.29 is 15.0 Å². The molecule has 0 atom stereocenters. The number of nitrogens with zero attached hydrogens (tertiary/aromatic N) is 2. The van der Waals surface area contributed by atoms with Crippen LogP contribution in [0, 0.1) is 6.92 Å². The maximum absolute atomic E-state index is 11.7. The molecule has 0 radical (unpaired) electrons. The summed E-state index contributed by atoms with van der Waals surface area (Å²) in [7, 11) is 1.65. The fourth-order valence-corrected chi connectivity index (χ4v) is 2.33. The smallest absolute Gasteiger partial charge is 0.317 e. The van der Waals surface area contributed by atoms with Gasteiger partial charge in [0.25, 0.3) is 0 Å². The highest BCUT2D eigenvalue weighted by atomic mass is 16.4. The first-order valence-electron chi connectivity index (χ1n) is 6.24. The Bertz CT molecular complexity index is 560. The standard InChI is InChI=1S/C13H18N2O4/c1-8-5-11(16)13(19)10(15(8)9-3-4-9)6-14(2)7-12(17)18/h5,9,19H,3-4,6-7H2,1-2H3,(H,17,18). The molecule has 2 rings (SSSR count). The highest BCUT2D eigenvalue weighted by molar-refractivity contribution is 5.69. The second-order valence-electron chi connectivity index (χ2n) is 5.11. The third-order valence-corrected chi connectivity index (χ3v) is 3.25. The first-order valence-corrected chi connectivity index (χ1v) is 6.24. The number of aliphatic carboxylic acids is 1. The maximum Gasteiger partial charge on any atom is 0.317 e. The highest BCUT2D eigenvalue weighted by Gasteiger charge is 2.28. The van der Waals surface area contributed by atoms with Gasteiger partial charge in [-0.2, -0.15) is 0 Å². The molecule has 1 aliphatic rings. The Morgan fingerprint density at radius 1 is 1.53 bits per heavy atom. The third kappa shape index (κ3) is 2.96. The van der Waals surface area contributed by atoms with Crippen LogP contribution in [0.5, 0.6) is 5.75 Å². The number of carboxylic acids is 1. The van der Waals surface area contributed by atoms with Crippen molar-refractivity contribution in [2.24, 2.45) is 0 Å². The van der Waals surface area contributed by atoms with Gasteiger partial charge in [-0.15, -0.1) is 0 Å². The maximum atomic E-state index is 11.7. The SMILES string of the molecule is Cc1cc(=O)c(O)c(CN(C)CC(=O)O)n1C1CC1. The summed E-state index contributed by atoms with van der Waals surface area (Å²) in [5.74, 6) is -1.20. The lowest BCUT2D eigenvalue weighted by molar-refractivity contribution is -0.138. The van der Waals surface area contributed by atoms with E-state index >= 15 is 0 Å². The molecule has 1 saturated carbocycles. The van der Waals surface area contributed by atoms with Crippen LogP contribution in [0.2, 0.25) is 0 Å². The Kier molecular flexibility index (Phi) is 3.61. The molecule has 104 valence electrons. The zero-order valence-corrected chi connectivity index (χ0v) is 11.1. The van der Waals surface area contributed by atoms with Gasteiger partial charge in [-0.1, -0.05) is 0 Å². The van der Waals surface area contributed by atoms with Crippen molar-refractivity contribution in [3.63, 3.8) is 0 Å². The number of aromatic nitrogens is 1. The Labute approximate surface area is 110 Å². The van der Waals surface area contributed by atoms with Gasteiger partial charge in [0.2, 0.25) is 5.43 Å². The molecule has 0 aromatic carbocycles. The molecular weight excluding hydrogens is 248 g/mol. The minimum atomic E-state index is -0.935. The van der Waals surface area contributed by atoms with Gasteiger partial charge in [0.15, 0.2) is 5.75 Å². The number of aryl methyl sites for hydroxylation is 1. The number of carboxylic acid groups (broad SMARTS) is 1. The molecule has 1 heterocycles. The number of hydrogen-bond donors (Lipinski definition) is 2. The fraction of sp³-hybridized carbons (Fsp3) is 0.538. The molecular formula is C13H18N2O4. The van der Waals surface area contributed by atoms with E-state index in [9.17, 15) is 14.7 Å².